The first-order valence-electron chi connectivity index (χ1n) is 9.38. The topological polar surface area (TPSA) is 62.1 Å². The number of aryl methyl sites for hydroxylation is 1. The number of ether oxygens (including phenoxy) is 1. The molecule has 0 fully saturated rings. The minimum Gasteiger partial charge on any atom is -0.481 e. The number of benzene rings is 2. The molecule has 1 N–H and O–H groups in total. The van der Waals surface area contributed by atoms with Crippen LogP contribution >= 0.6 is 11.6 Å². The number of rotatable bonds is 7. The van der Waals surface area contributed by atoms with Crippen LogP contribution in [-0.2, 0) is 16.6 Å². The van der Waals surface area contributed by atoms with Crippen molar-refractivity contribution in [2.75, 3.05) is 6.61 Å². The second-order valence-corrected chi connectivity index (χ2v) is 8.19. The van der Waals surface area contributed by atoms with E-state index in [1.807, 2.05) is 12.1 Å². The Morgan fingerprint density at radius 1 is 1.24 bits per heavy atom. The van der Waals surface area contributed by atoms with Crippen molar-refractivity contribution < 1.29 is 9.53 Å². The lowest BCUT2D eigenvalue weighted by Gasteiger charge is -2.23. The number of hydrogen-bond acceptors (Lipinski definition) is 3. The summed E-state index contributed by atoms with van der Waals surface area (Å²) >= 11 is 5.88. The summed E-state index contributed by atoms with van der Waals surface area (Å²) in [5.41, 5.74) is 2.65. The molecule has 29 heavy (non-hydrogen) atoms. The smallest absolute Gasteiger partial charge is 0.221 e. The van der Waals surface area contributed by atoms with Gasteiger partial charge in [-0.25, -0.2) is 0 Å². The van der Waals surface area contributed by atoms with E-state index in [-0.39, 0.29) is 24.3 Å². The summed E-state index contributed by atoms with van der Waals surface area (Å²) in [4.78, 5) is 12.4. The number of carbonyl (C=O) groups is 1. The van der Waals surface area contributed by atoms with Gasteiger partial charge in [-0.05, 0) is 46.7 Å². The summed E-state index contributed by atoms with van der Waals surface area (Å²) in [6.07, 6.45) is 6.13. The molecule has 0 aliphatic heterocycles. The monoisotopic (exact) mass is 408 g/mol. The molecule has 2 aromatic carbocycles. The number of nitrogens with zero attached hydrogens (tertiary/aromatic N) is 1. The molecule has 0 aliphatic carbocycles. The van der Waals surface area contributed by atoms with E-state index < -0.39 is 6.04 Å². The Hall–Kier alpha value is -2.95. The zero-order valence-electron chi connectivity index (χ0n) is 17.0. The fourth-order valence-electron chi connectivity index (χ4n) is 2.90. The lowest BCUT2D eigenvalue weighted by atomic mass is 9.85. The predicted molar refractivity (Wildman–Crippen MR) is 116 cm³/mol. The maximum absolute atomic E-state index is 12.4. The van der Waals surface area contributed by atoms with Gasteiger partial charge in [-0.1, -0.05) is 62.6 Å². The van der Waals surface area contributed by atoms with E-state index in [4.69, 9.17) is 22.8 Å². The van der Waals surface area contributed by atoms with Crippen molar-refractivity contribution in [3.05, 3.63) is 64.2 Å². The number of nitriles is 1. The first-order valence-corrected chi connectivity index (χ1v) is 9.76. The van der Waals surface area contributed by atoms with E-state index in [0.717, 1.165) is 16.9 Å². The zero-order valence-corrected chi connectivity index (χ0v) is 17.7. The minimum atomic E-state index is -0.704. The number of hydrogen-bond donors (Lipinski definition) is 1. The molecule has 0 radical (unpaired) electrons. The SMILES string of the molecule is C#CCOc1ccc(CCC(=O)NC(C#N)c2ccc(Cl)cc2)cc1C(C)(C)C. The van der Waals surface area contributed by atoms with Crippen LogP contribution in [0, 0.1) is 23.7 Å². The van der Waals surface area contributed by atoms with Crippen LogP contribution in [0.5, 0.6) is 5.75 Å². The number of halogens is 1. The molecule has 4 nitrogen and oxygen atoms in total. The van der Waals surface area contributed by atoms with Gasteiger partial charge in [-0.3, -0.25) is 4.79 Å². The van der Waals surface area contributed by atoms with E-state index in [1.54, 1.807) is 24.3 Å². The maximum atomic E-state index is 12.4. The summed E-state index contributed by atoms with van der Waals surface area (Å²) in [7, 11) is 0. The van der Waals surface area contributed by atoms with E-state index in [9.17, 15) is 10.1 Å². The normalized spacial score (nSPS) is 11.8. The molecule has 150 valence electrons. The summed E-state index contributed by atoms with van der Waals surface area (Å²) in [5, 5.41) is 12.7. The van der Waals surface area contributed by atoms with Crippen LogP contribution < -0.4 is 10.1 Å². The van der Waals surface area contributed by atoms with Gasteiger partial charge < -0.3 is 10.1 Å². The Kier molecular flexibility index (Phi) is 7.71. The first-order chi connectivity index (χ1) is 13.7. The van der Waals surface area contributed by atoms with E-state index >= 15 is 0 Å². The predicted octanol–water partition coefficient (Wildman–Crippen LogP) is 4.96. The molecule has 5 heteroatoms. The summed E-state index contributed by atoms with van der Waals surface area (Å²) < 4.78 is 5.66. The maximum Gasteiger partial charge on any atom is 0.221 e. The van der Waals surface area contributed by atoms with Gasteiger partial charge in [-0.2, -0.15) is 5.26 Å². The van der Waals surface area contributed by atoms with Gasteiger partial charge >= 0.3 is 0 Å². The largest absolute Gasteiger partial charge is 0.481 e. The molecule has 1 atom stereocenters. The Balaban J connectivity index is 2.04. The Morgan fingerprint density at radius 2 is 1.93 bits per heavy atom. The van der Waals surface area contributed by atoms with Crippen LogP contribution in [0.25, 0.3) is 0 Å². The Morgan fingerprint density at radius 3 is 2.52 bits per heavy atom. The van der Waals surface area contributed by atoms with Crippen LogP contribution in [0.3, 0.4) is 0 Å². The quantitative estimate of drug-likeness (QED) is 0.658. The summed E-state index contributed by atoms with van der Waals surface area (Å²) in [6.45, 7) is 6.52. The lowest BCUT2D eigenvalue weighted by Crippen LogP contribution is -2.27. The minimum absolute atomic E-state index is 0.122. The highest BCUT2D eigenvalue weighted by Gasteiger charge is 2.20. The molecule has 0 saturated carbocycles. The van der Waals surface area contributed by atoms with Gasteiger partial charge in [0.1, 0.15) is 18.4 Å². The van der Waals surface area contributed by atoms with Crippen LogP contribution in [0.15, 0.2) is 42.5 Å². The second kappa shape index (κ2) is 10.0. The van der Waals surface area contributed by atoms with Gasteiger partial charge in [0.15, 0.2) is 0 Å². The molecule has 0 aromatic heterocycles. The summed E-state index contributed by atoms with van der Waals surface area (Å²) in [5.74, 6) is 3.06. The first kappa shape index (κ1) is 22.3. The lowest BCUT2D eigenvalue weighted by molar-refractivity contribution is -0.121. The number of amides is 1. The molecule has 1 amide bonds. The van der Waals surface area contributed by atoms with Crippen molar-refractivity contribution in [2.45, 2.75) is 45.1 Å². The molecule has 0 saturated heterocycles. The molecule has 0 bridgehead atoms. The molecular weight excluding hydrogens is 384 g/mol. The number of nitrogens with one attached hydrogen (secondary N) is 1. The van der Waals surface area contributed by atoms with Crippen LogP contribution in [0.4, 0.5) is 0 Å². The highest BCUT2D eigenvalue weighted by molar-refractivity contribution is 6.30. The molecule has 2 aromatic rings. The third-order valence-electron chi connectivity index (χ3n) is 4.44. The van der Waals surface area contributed by atoms with Crippen molar-refractivity contribution in [1.29, 1.82) is 5.26 Å². The van der Waals surface area contributed by atoms with Crippen molar-refractivity contribution in [1.82, 2.24) is 5.32 Å². The third-order valence-corrected chi connectivity index (χ3v) is 4.69. The van der Waals surface area contributed by atoms with Gasteiger partial charge in [0.25, 0.3) is 0 Å². The van der Waals surface area contributed by atoms with E-state index in [0.29, 0.717) is 17.0 Å². The van der Waals surface area contributed by atoms with Gasteiger partial charge in [0, 0.05) is 11.4 Å². The highest BCUT2D eigenvalue weighted by atomic mass is 35.5. The van der Waals surface area contributed by atoms with E-state index in [1.165, 1.54) is 0 Å². The Labute approximate surface area is 177 Å². The summed E-state index contributed by atoms with van der Waals surface area (Å²) in [6, 6.07) is 14.2. The van der Waals surface area contributed by atoms with E-state index in [2.05, 4.69) is 44.1 Å². The van der Waals surface area contributed by atoms with Gasteiger partial charge in [0.05, 0.1) is 6.07 Å². The van der Waals surface area contributed by atoms with Crippen molar-refractivity contribution >= 4 is 17.5 Å². The molecular formula is C24H25ClN2O2. The molecule has 0 heterocycles. The van der Waals surface area contributed by atoms with Crippen molar-refractivity contribution in [2.24, 2.45) is 0 Å². The van der Waals surface area contributed by atoms with Gasteiger partial charge in [0.2, 0.25) is 5.91 Å². The van der Waals surface area contributed by atoms with Crippen molar-refractivity contribution in [3.63, 3.8) is 0 Å². The average Bonchev–Trinajstić information content (AvgIpc) is 2.69. The third kappa shape index (κ3) is 6.56. The highest BCUT2D eigenvalue weighted by Crippen LogP contribution is 2.32. The van der Waals surface area contributed by atoms with Crippen LogP contribution in [0.1, 0.15) is 49.9 Å². The van der Waals surface area contributed by atoms with Crippen LogP contribution in [0.2, 0.25) is 5.02 Å². The molecule has 1 unspecified atom stereocenters. The number of terminal acetylenes is 1. The van der Waals surface area contributed by atoms with Gasteiger partial charge in [-0.15, -0.1) is 6.42 Å². The molecule has 2 rings (SSSR count). The zero-order chi connectivity index (χ0) is 21.4. The fraction of sp³-hybridized carbons (Fsp3) is 0.333. The molecule has 0 spiro atoms. The standard InChI is InChI=1S/C24H25ClN2O2/c1-5-14-29-22-12-6-17(15-20(22)24(2,3)4)7-13-23(28)27-21(16-26)18-8-10-19(25)11-9-18/h1,6,8-12,15,21H,7,13-14H2,2-4H3,(H,27,28). The average molecular weight is 409 g/mol. The van der Waals surface area contributed by atoms with Crippen LogP contribution in [-0.4, -0.2) is 12.5 Å². The van der Waals surface area contributed by atoms with Crippen molar-refractivity contribution in [3.8, 4) is 24.2 Å². The number of carbonyl (C=O) groups excluding carboxylic acids is 1. The Bertz CT molecular complexity index is 931. The fourth-order valence-corrected chi connectivity index (χ4v) is 3.03. The second-order valence-electron chi connectivity index (χ2n) is 7.75. The molecule has 0 aliphatic rings.